The molecule has 0 unspecified atom stereocenters. The van der Waals surface area contributed by atoms with Crippen LogP contribution in [0.2, 0.25) is 6.82 Å². The summed E-state index contributed by atoms with van der Waals surface area (Å²) in [6.45, 7) is 1.53. The van der Waals surface area contributed by atoms with E-state index in [4.69, 9.17) is 10.1 Å². The monoisotopic (exact) mass is 157 g/mol. The molecule has 1 rings (SSSR count). The number of hydrogen-bond acceptors (Lipinski definition) is 3. The largest absolute Gasteiger partial charge is 0.480 e. The summed E-state index contributed by atoms with van der Waals surface area (Å²) in [6.07, 6.45) is 2.16. The molecule has 0 amide bonds. The van der Waals surface area contributed by atoms with E-state index in [1.807, 2.05) is 0 Å². The zero-order chi connectivity index (χ0) is 8.48. The van der Waals surface area contributed by atoms with Gasteiger partial charge in [0.2, 0.25) is 0 Å². The van der Waals surface area contributed by atoms with Crippen molar-refractivity contribution in [2.45, 2.75) is 31.6 Å². The Labute approximate surface area is 65.7 Å². The quantitative estimate of drug-likeness (QED) is 0.491. The number of carboxylic acid groups (broad SMARTS) is 1. The minimum Gasteiger partial charge on any atom is -0.480 e. The molecule has 0 aromatic carbocycles. The van der Waals surface area contributed by atoms with Crippen LogP contribution < -0.4 is 5.23 Å². The van der Waals surface area contributed by atoms with Crippen LogP contribution in [0, 0.1) is 0 Å². The number of carbonyl (C=O) groups is 1. The molecule has 1 aliphatic carbocycles. The van der Waals surface area contributed by atoms with Crippen LogP contribution in [-0.4, -0.2) is 28.7 Å². The van der Waals surface area contributed by atoms with Crippen molar-refractivity contribution in [3.63, 3.8) is 0 Å². The zero-order valence-corrected chi connectivity index (χ0v) is 6.50. The van der Waals surface area contributed by atoms with Gasteiger partial charge in [0.05, 0.1) is 0 Å². The van der Waals surface area contributed by atoms with E-state index in [1.54, 1.807) is 0 Å². The normalized spacial score (nSPS) is 20.5. The second-order valence-corrected chi connectivity index (χ2v) is 3.06. The van der Waals surface area contributed by atoms with Crippen LogP contribution in [0.3, 0.4) is 0 Å². The van der Waals surface area contributed by atoms with Crippen molar-refractivity contribution in [3.05, 3.63) is 0 Å². The fourth-order valence-corrected chi connectivity index (χ4v) is 1.35. The highest BCUT2D eigenvalue weighted by molar-refractivity contribution is 6.46. The van der Waals surface area contributed by atoms with E-state index >= 15 is 0 Å². The zero-order valence-electron chi connectivity index (χ0n) is 6.50. The van der Waals surface area contributed by atoms with Gasteiger partial charge in [-0.15, -0.1) is 0 Å². The SMILES string of the molecule is CB(O)NC1(C(=O)O)CCC1. The Morgan fingerprint density at radius 2 is 2.18 bits per heavy atom. The Kier molecular flexibility index (Phi) is 2.20. The van der Waals surface area contributed by atoms with Gasteiger partial charge in [0.15, 0.2) is 0 Å². The third-order valence-corrected chi connectivity index (χ3v) is 2.10. The van der Waals surface area contributed by atoms with Gasteiger partial charge in [-0.25, -0.2) is 0 Å². The van der Waals surface area contributed by atoms with Gasteiger partial charge in [-0.1, -0.05) is 0 Å². The Morgan fingerprint density at radius 1 is 1.64 bits per heavy atom. The molecule has 11 heavy (non-hydrogen) atoms. The summed E-state index contributed by atoms with van der Waals surface area (Å²) in [5.41, 5.74) is -0.839. The van der Waals surface area contributed by atoms with Gasteiger partial charge in [-0.3, -0.25) is 4.79 Å². The van der Waals surface area contributed by atoms with Crippen LogP contribution in [0.1, 0.15) is 19.3 Å². The Morgan fingerprint density at radius 3 is 2.27 bits per heavy atom. The van der Waals surface area contributed by atoms with Gasteiger partial charge in [-0.05, 0) is 26.1 Å². The first-order valence-corrected chi connectivity index (χ1v) is 3.76. The molecule has 0 bridgehead atoms. The molecule has 0 atom stereocenters. The molecule has 62 valence electrons. The van der Waals surface area contributed by atoms with E-state index in [9.17, 15) is 4.79 Å². The van der Waals surface area contributed by atoms with E-state index in [-0.39, 0.29) is 0 Å². The van der Waals surface area contributed by atoms with Crippen molar-refractivity contribution in [1.29, 1.82) is 0 Å². The number of rotatable bonds is 3. The maximum Gasteiger partial charge on any atom is 0.374 e. The molecule has 5 heteroatoms. The smallest absolute Gasteiger partial charge is 0.374 e. The summed E-state index contributed by atoms with van der Waals surface area (Å²) in [6, 6.07) is 0. The van der Waals surface area contributed by atoms with E-state index in [0.717, 1.165) is 6.42 Å². The van der Waals surface area contributed by atoms with Gasteiger partial charge >= 0.3 is 13.0 Å². The van der Waals surface area contributed by atoms with Crippen LogP contribution in [0.4, 0.5) is 0 Å². The Bertz CT molecular complexity index is 167. The van der Waals surface area contributed by atoms with Gasteiger partial charge in [-0.2, -0.15) is 0 Å². The molecule has 0 aliphatic heterocycles. The first-order valence-electron chi connectivity index (χ1n) is 3.76. The molecule has 4 nitrogen and oxygen atoms in total. The fraction of sp³-hybridized carbons (Fsp3) is 0.833. The first-order chi connectivity index (χ1) is 5.07. The molecule has 0 aromatic heterocycles. The summed E-state index contributed by atoms with van der Waals surface area (Å²) in [5.74, 6) is -0.857. The number of aliphatic carboxylic acids is 1. The third kappa shape index (κ3) is 1.54. The van der Waals surface area contributed by atoms with Crippen molar-refractivity contribution in [2.75, 3.05) is 0 Å². The second kappa shape index (κ2) is 2.83. The highest BCUT2D eigenvalue weighted by Gasteiger charge is 2.45. The fourth-order valence-electron chi connectivity index (χ4n) is 1.35. The third-order valence-electron chi connectivity index (χ3n) is 2.10. The maximum absolute atomic E-state index is 10.7. The Hall–Kier alpha value is -0.545. The Balaban J connectivity index is 2.54. The van der Waals surface area contributed by atoms with Gasteiger partial charge in [0, 0.05) is 0 Å². The predicted molar refractivity (Wildman–Crippen MR) is 41.2 cm³/mol. The predicted octanol–water partition coefficient (Wildman–Crippen LogP) is -0.306. The lowest BCUT2D eigenvalue weighted by Gasteiger charge is -2.39. The topological polar surface area (TPSA) is 69.6 Å². The number of hydrogen-bond donors (Lipinski definition) is 3. The molecule has 0 aromatic rings. The molecule has 3 N–H and O–H groups in total. The molecule has 1 fully saturated rings. The first kappa shape index (κ1) is 8.55. The van der Waals surface area contributed by atoms with E-state index in [0.29, 0.717) is 12.8 Å². The lowest BCUT2D eigenvalue weighted by Crippen LogP contribution is -2.61. The van der Waals surface area contributed by atoms with Crippen LogP contribution in [0.15, 0.2) is 0 Å². The van der Waals surface area contributed by atoms with E-state index in [1.165, 1.54) is 6.82 Å². The van der Waals surface area contributed by atoms with Crippen molar-refractivity contribution < 1.29 is 14.9 Å². The highest BCUT2D eigenvalue weighted by Crippen LogP contribution is 2.31. The lowest BCUT2D eigenvalue weighted by atomic mass is 9.71. The van der Waals surface area contributed by atoms with Crippen LogP contribution in [-0.2, 0) is 4.79 Å². The van der Waals surface area contributed by atoms with Gasteiger partial charge in [0.1, 0.15) is 5.54 Å². The van der Waals surface area contributed by atoms with Crippen LogP contribution >= 0.6 is 0 Å². The molecule has 1 aliphatic rings. The molecular weight excluding hydrogens is 145 g/mol. The summed E-state index contributed by atoms with van der Waals surface area (Å²) in [5, 5.41) is 20.3. The standard InChI is InChI=1S/C6H12BNO3/c1-7(11)8-6(5(9)10)3-2-4-6/h8,11H,2-4H2,1H3,(H,9,10). The highest BCUT2D eigenvalue weighted by atomic mass is 16.4. The average Bonchev–Trinajstić information content (AvgIpc) is 1.77. The second-order valence-electron chi connectivity index (χ2n) is 3.06. The van der Waals surface area contributed by atoms with Gasteiger partial charge in [0.25, 0.3) is 0 Å². The molecule has 1 saturated carbocycles. The summed E-state index contributed by atoms with van der Waals surface area (Å²) in [7, 11) is -0.744. The molecule has 0 radical (unpaired) electrons. The summed E-state index contributed by atoms with van der Waals surface area (Å²) in [4.78, 5) is 10.7. The van der Waals surface area contributed by atoms with Crippen molar-refractivity contribution in [3.8, 4) is 0 Å². The minimum atomic E-state index is -0.857. The molecule has 0 spiro atoms. The van der Waals surface area contributed by atoms with Crippen molar-refractivity contribution in [1.82, 2.24) is 5.23 Å². The molecule has 0 saturated heterocycles. The summed E-state index contributed by atoms with van der Waals surface area (Å²) >= 11 is 0. The molecule has 0 heterocycles. The van der Waals surface area contributed by atoms with Crippen LogP contribution in [0.5, 0.6) is 0 Å². The van der Waals surface area contributed by atoms with Crippen molar-refractivity contribution >= 4 is 13.0 Å². The number of nitrogens with one attached hydrogen (secondary N) is 1. The lowest BCUT2D eigenvalue weighted by molar-refractivity contribution is -0.147. The maximum atomic E-state index is 10.7. The van der Waals surface area contributed by atoms with E-state index < -0.39 is 18.6 Å². The minimum absolute atomic E-state index is 0.618. The van der Waals surface area contributed by atoms with E-state index in [2.05, 4.69) is 5.23 Å². The number of carboxylic acids is 1. The summed E-state index contributed by atoms with van der Waals surface area (Å²) < 4.78 is 0. The van der Waals surface area contributed by atoms with Crippen molar-refractivity contribution in [2.24, 2.45) is 0 Å². The average molecular weight is 157 g/mol. The van der Waals surface area contributed by atoms with Crippen LogP contribution in [0.25, 0.3) is 0 Å². The molecular formula is C6H12BNO3. The van der Waals surface area contributed by atoms with Gasteiger partial charge < -0.3 is 15.4 Å².